The quantitative estimate of drug-likeness (QED) is 0.772. The van der Waals surface area contributed by atoms with E-state index in [0.29, 0.717) is 18.5 Å². The van der Waals surface area contributed by atoms with Crippen molar-refractivity contribution in [1.82, 2.24) is 10.2 Å². The second-order valence-electron chi connectivity index (χ2n) is 3.14. The van der Waals surface area contributed by atoms with Crippen LogP contribution >= 0.6 is 11.8 Å². The molecule has 6 heteroatoms. The number of nitrogens with two attached hydrogens (primary N) is 1. The van der Waals surface area contributed by atoms with E-state index in [1.807, 2.05) is 11.8 Å². The molecule has 78 valence electrons. The molecule has 2 heterocycles. The summed E-state index contributed by atoms with van der Waals surface area (Å²) >= 11 is 1.97. The van der Waals surface area contributed by atoms with E-state index in [2.05, 4.69) is 15.1 Å². The third-order valence-corrected chi connectivity index (χ3v) is 3.17. The molecule has 2 N–H and O–H groups in total. The summed E-state index contributed by atoms with van der Waals surface area (Å²) in [5.41, 5.74) is 5.40. The van der Waals surface area contributed by atoms with Crippen molar-refractivity contribution in [3.8, 4) is 0 Å². The third kappa shape index (κ3) is 2.19. The Morgan fingerprint density at radius 2 is 2.29 bits per heavy atom. The molecule has 1 saturated heterocycles. The van der Waals surface area contributed by atoms with Crippen LogP contribution in [-0.4, -0.2) is 34.8 Å². The minimum Gasteiger partial charge on any atom is -0.407 e. The van der Waals surface area contributed by atoms with Gasteiger partial charge in [0.25, 0.3) is 0 Å². The zero-order chi connectivity index (χ0) is 9.80. The summed E-state index contributed by atoms with van der Waals surface area (Å²) in [4.78, 5) is 2.13. The summed E-state index contributed by atoms with van der Waals surface area (Å²) in [5.74, 6) is 2.85. The first-order valence-electron chi connectivity index (χ1n) is 4.75. The molecule has 1 aliphatic heterocycles. The van der Waals surface area contributed by atoms with Crippen molar-refractivity contribution >= 4 is 17.8 Å². The fourth-order valence-electron chi connectivity index (χ4n) is 1.39. The molecular formula is C8H14N4OS. The van der Waals surface area contributed by atoms with Gasteiger partial charge in [-0.1, -0.05) is 5.10 Å². The second-order valence-corrected chi connectivity index (χ2v) is 4.36. The van der Waals surface area contributed by atoms with Gasteiger partial charge < -0.3 is 15.1 Å². The van der Waals surface area contributed by atoms with Gasteiger partial charge in [-0.15, -0.1) is 5.10 Å². The van der Waals surface area contributed by atoms with Gasteiger partial charge in [0.05, 0.1) is 6.54 Å². The van der Waals surface area contributed by atoms with Gasteiger partial charge in [0.1, 0.15) is 0 Å². The predicted octanol–water partition coefficient (Wildman–Crippen LogP) is 0.472. The average Bonchev–Trinajstić information content (AvgIpc) is 2.53. The van der Waals surface area contributed by atoms with Gasteiger partial charge in [0.15, 0.2) is 0 Å². The Hall–Kier alpha value is -0.750. The summed E-state index contributed by atoms with van der Waals surface area (Å²) in [7, 11) is 0. The van der Waals surface area contributed by atoms with Crippen molar-refractivity contribution < 1.29 is 4.42 Å². The standard InChI is InChI=1S/C8H14N4OS/c9-6-7-10-11-8(13-7)12-2-1-4-14-5-3-12/h1-6,9H2. The van der Waals surface area contributed by atoms with Gasteiger partial charge in [-0.2, -0.15) is 11.8 Å². The predicted molar refractivity (Wildman–Crippen MR) is 56.3 cm³/mol. The number of thioether (sulfide) groups is 1. The van der Waals surface area contributed by atoms with Gasteiger partial charge in [-0.05, 0) is 12.2 Å². The lowest BCUT2D eigenvalue weighted by molar-refractivity contribution is 0.486. The number of hydrogen-bond donors (Lipinski definition) is 1. The molecule has 14 heavy (non-hydrogen) atoms. The summed E-state index contributed by atoms with van der Waals surface area (Å²) in [6.45, 7) is 2.30. The Balaban J connectivity index is 2.04. The lowest BCUT2D eigenvalue weighted by Crippen LogP contribution is -2.25. The minimum absolute atomic E-state index is 0.315. The highest BCUT2D eigenvalue weighted by Gasteiger charge is 2.15. The Labute approximate surface area is 87.0 Å². The zero-order valence-corrected chi connectivity index (χ0v) is 8.79. The van der Waals surface area contributed by atoms with Crippen LogP contribution in [-0.2, 0) is 6.54 Å². The van der Waals surface area contributed by atoms with E-state index in [4.69, 9.17) is 10.2 Å². The Kier molecular flexibility index (Phi) is 3.26. The third-order valence-electron chi connectivity index (χ3n) is 2.12. The molecule has 5 nitrogen and oxygen atoms in total. The summed E-state index contributed by atoms with van der Waals surface area (Å²) in [5, 5.41) is 7.82. The van der Waals surface area contributed by atoms with Gasteiger partial charge in [0, 0.05) is 18.8 Å². The molecule has 0 atom stereocenters. The molecule has 0 radical (unpaired) electrons. The number of hydrogen-bond acceptors (Lipinski definition) is 6. The number of aromatic nitrogens is 2. The van der Waals surface area contributed by atoms with Crippen molar-refractivity contribution in [2.24, 2.45) is 5.73 Å². The highest BCUT2D eigenvalue weighted by molar-refractivity contribution is 7.99. The van der Waals surface area contributed by atoms with Gasteiger partial charge in [0.2, 0.25) is 5.89 Å². The summed E-state index contributed by atoms with van der Waals surface area (Å²) < 4.78 is 5.40. The number of nitrogens with zero attached hydrogens (tertiary/aromatic N) is 3. The van der Waals surface area contributed by atoms with Crippen LogP contribution < -0.4 is 10.6 Å². The van der Waals surface area contributed by atoms with Gasteiger partial charge in [-0.3, -0.25) is 0 Å². The van der Waals surface area contributed by atoms with E-state index in [9.17, 15) is 0 Å². The second kappa shape index (κ2) is 4.65. The fourth-order valence-corrected chi connectivity index (χ4v) is 2.28. The van der Waals surface area contributed by atoms with Crippen molar-refractivity contribution in [2.75, 3.05) is 29.5 Å². The van der Waals surface area contributed by atoms with Crippen LogP contribution in [0.4, 0.5) is 6.01 Å². The van der Waals surface area contributed by atoms with Crippen LogP contribution in [0.5, 0.6) is 0 Å². The molecule has 0 saturated carbocycles. The lowest BCUT2D eigenvalue weighted by Gasteiger charge is -2.15. The van der Waals surface area contributed by atoms with E-state index in [-0.39, 0.29) is 0 Å². The first-order valence-corrected chi connectivity index (χ1v) is 5.91. The molecule has 1 aromatic heterocycles. The van der Waals surface area contributed by atoms with Crippen LogP contribution in [0.1, 0.15) is 12.3 Å². The van der Waals surface area contributed by atoms with E-state index in [1.165, 1.54) is 12.2 Å². The molecule has 0 bridgehead atoms. The Morgan fingerprint density at radius 3 is 3.07 bits per heavy atom. The largest absolute Gasteiger partial charge is 0.407 e. The Bertz CT molecular complexity index is 283. The number of anilines is 1. The molecule has 2 rings (SSSR count). The maximum absolute atomic E-state index is 5.40. The van der Waals surface area contributed by atoms with Gasteiger partial charge in [-0.25, -0.2) is 0 Å². The molecule has 1 fully saturated rings. The molecule has 1 aliphatic rings. The molecule has 0 aliphatic carbocycles. The topological polar surface area (TPSA) is 68.2 Å². The first kappa shape index (κ1) is 9.79. The lowest BCUT2D eigenvalue weighted by atomic mass is 10.4. The Morgan fingerprint density at radius 1 is 1.36 bits per heavy atom. The molecule has 0 unspecified atom stereocenters. The molecule has 1 aromatic rings. The maximum Gasteiger partial charge on any atom is 0.318 e. The maximum atomic E-state index is 5.40. The normalized spacial score (nSPS) is 18.2. The fraction of sp³-hybridized carbons (Fsp3) is 0.750. The summed E-state index contributed by atoms with van der Waals surface area (Å²) in [6, 6.07) is 0.618. The van der Waals surface area contributed by atoms with Crippen LogP contribution in [0.3, 0.4) is 0 Å². The van der Waals surface area contributed by atoms with E-state index < -0.39 is 0 Å². The molecule has 0 aromatic carbocycles. The van der Waals surface area contributed by atoms with Gasteiger partial charge >= 0.3 is 6.01 Å². The van der Waals surface area contributed by atoms with E-state index in [0.717, 1.165) is 18.8 Å². The van der Waals surface area contributed by atoms with Crippen LogP contribution in [0, 0.1) is 0 Å². The van der Waals surface area contributed by atoms with Crippen molar-refractivity contribution in [1.29, 1.82) is 0 Å². The first-order chi connectivity index (χ1) is 6.90. The average molecular weight is 214 g/mol. The van der Waals surface area contributed by atoms with Crippen LogP contribution in [0.2, 0.25) is 0 Å². The zero-order valence-electron chi connectivity index (χ0n) is 7.98. The molecule has 0 amide bonds. The smallest absolute Gasteiger partial charge is 0.318 e. The monoisotopic (exact) mass is 214 g/mol. The SMILES string of the molecule is NCc1nnc(N2CCCSCC2)o1. The van der Waals surface area contributed by atoms with Crippen molar-refractivity contribution in [2.45, 2.75) is 13.0 Å². The van der Waals surface area contributed by atoms with Crippen molar-refractivity contribution in [3.63, 3.8) is 0 Å². The van der Waals surface area contributed by atoms with E-state index in [1.54, 1.807) is 0 Å². The molecule has 0 spiro atoms. The van der Waals surface area contributed by atoms with Crippen LogP contribution in [0.15, 0.2) is 4.42 Å². The van der Waals surface area contributed by atoms with Crippen molar-refractivity contribution in [3.05, 3.63) is 5.89 Å². The molecular weight excluding hydrogens is 200 g/mol. The highest BCUT2D eigenvalue weighted by Crippen LogP contribution is 2.17. The summed E-state index contributed by atoms with van der Waals surface area (Å²) in [6.07, 6.45) is 1.17. The van der Waals surface area contributed by atoms with E-state index >= 15 is 0 Å². The number of rotatable bonds is 2. The highest BCUT2D eigenvalue weighted by atomic mass is 32.2. The minimum atomic E-state index is 0.315. The van der Waals surface area contributed by atoms with Crippen LogP contribution in [0.25, 0.3) is 0 Å².